The zero-order valence-corrected chi connectivity index (χ0v) is 15.9. The summed E-state index contributed by atoms with van der Waals surface area (Å²) < 4.78 is 58.0. The lowest BCUT2D eigenvalue weighted by Crippen LogP contribution is -2.15. The molecule has 0 saturated carbocycles. The predicted molar refractivity (Wildman–Crippen MR) is 102 cm³/mol. The molecular weight excluding hydrogens is 401 g/mol. The molecule has 4 aromatic rings. The van der Waals surface area contributed by atoms with Crippen LogP contribution in [0.5, 0.6) is 17.2 Å². The predicted octanol–water partition coefficient (Wildman–Crippen LogP) is 5.11. The van der Waals surface area contributed by atoms with E-state index in [1.807, 2.05) is 6.07 Å². The normalized spacial score (nSPS) is 11.6. The van der Waals surface area contributed by atoms with Crippen LogP contribution >= 0.6 is 0 Å². The van der Waals surface area contributed by atoms with Crippen LogP contribution in [0.1, 0.15) is 11.3 Å². The summed E-state index contributed by atoms with van der Waals surface area (Å²) in [6.45, 7) is 1.51. The highest BCUT2D eigenvalue weighted by Crippen LogP contribution is 2.39. The van der Waals surface area contributed by atoms with Crippen LogP contribution in [0, 0.1) is 6.92 Å². The lowest BCUT2D eigenvalue weighted by Gasteiger charge is -2.14. The van der Waals surface area contributed by atoms with Gasteiger partial charge in [0.25, 0.3) is 5.76 Å². The van der Waals surface area contributed by atoms with Crippen LogP contribution in [0.3, 0.4) is 0 Å². The van der Waals surface area contributed by atoms with E-state index in [0.717, 1.165) is 0 Å². The molecule has 0 bridgehead atoms. The van der Waals surface area contributed by atoms with Crippen molar-refractivity contribution in [3.63, 3.8) is 0 Å². The van der Waals surface area contributed by atoms with Crippen molar-refractivity contribution in [2.75, 3.05) is 7.11 Å². The molecule has 0 unspecified atom stereocenters. The highest BCUT2D eigenvalue weighted by molar-refractivity contribution is 5.83. The highest BCUT2D eigenvalue weighted by Gasteiger charge is 2.41. The molecule has 0 saturated heterocycles. The molecule has 0 N–H and O–H groups in total. The van der Waals surface area contributed by atoms with Crippen LogP contribution in [0.15, 0.2) is 64.1 Å². The zero-order valence-electron chi connectivity index (χ0n) is 15.9. The fraction of sp³-hybridized carbons (Fsp3) is 0.143. The smallest absolute Gasteiger partial charge is 0.453 e. The van der Waals surface area contributed by atoms with E-state index >= 15 is 0 Å². The molecule has 0 spiro atoms. The number of hydrogen-bond donors (Lipinski definition) is 0. The molecule has 2 aromatic carbocycles. The fourth-order valence-corrected chi connectivity index (χ4v) is 3.06. The molecule has 2 aromatic heterocycles. The minimum Gasteiger partial charge on any atom is -0.496 e. The Hall–Kier alpha value is -3.75. The van der Waals surface area contributed by atoms with E-state index in [1.54, 1.807) is 24.3 Å². The third kappa shape index (κ3) is 3.38. The van der Waals surface area contributed by atoms with Gasteiger partial charge in [0.05, 0.1) is 30.6 Å². The van der Waals surface area contributed by atoms with E-state index in [0.29, 0.717) is 11.4 Å². The van der Waals surface area contributed by atoms with Crippen molar-refractivity contribution >= 4 is 11.0 Å². The molecule has 0 radical (unpaired) electrons. The lowest BCUT2D eigenvalue weighted by molar-refractivity contribution is -0.154. The van der Waals surface area contributed by atoms with Crippen molar-refractivity contribution in [1.82, 2.24) is 9.78 Å². The third-order valence-electron chi connectivity index (χ3n) is 4.49. The van der Waals surface area contributed by atoms with E-state index < -0.39 is 23.1 Å². The summed E-state index contributed by atoms with van der Waals surface area (Å²) in [5.41, 5.74) is -0.196. The zero-order chi connectivity index (χ0) is 21.5. The van der Waals surface area contributed by atoms with E-state index in [1.165, 1.54) is 43.2 Å². The van der Waals surface area contributed by atoms with Gasteiger partial charge in [-0.1, -0.05) is 18.2 Å². The topological polar surface area (TPSA) is 66.5 Å². The Labute approximate surface area is 168 Å². The van der Waals surface area contributed by atoms with Crippen molar-refractivity contribution in [1.29, 1.82) is 0 Å². The molecule has 0 aliphatic carbocycles. The first kappa shape index (κ1) is 19.6. The number of aryl methyl sites for hydroxylation is 1. The number of benzene rings is 2. The summed E-state index contributed by atoms with van der Waals surface area (Å²) in [6.07, 6.45) is -2.36. The van der Waals surface area contributed by atoms with Gasteiger partial charge in [-0.3, -0.25) is 4.79 Å². The van der Waals surface area contributed by atoms with Crippen LogP contribution in [-0.4, -0.2) is 16.9 Å². The van der Waals surface area contributed by atoms with Crippen LogP contribution in [0.4, 0.5) is 13.2 Å². The standard InChI is InChI=1S/C21H15F3N2O4/c1-12-16(28-2)9-8-15-17(27)19(20(21(22,23)24)30-18(12)15)29-14-10-25-26(11-14)13-6-4-3-5-7-13/h3-11H,1-2H3. The molecule has 154 valence electrons. The van der Waals surface area contributed by atoms with Crippen molar-refractivity contribution in [3.8, 4) is 22.9 Å². The Kier molecular flexibility index (Phi) is 4.73. The van der Waals surface area contributed by atoms with Gasteiger partial charge in [0.1, 0.15) is 11.3 Å². The molecule has 0 amide bonds. The maximum atomic E-state index is 13.7. The quantitative estimate of drug-likeness (QED) is 0.463. The molecule has 9 heteroatoms. The molecule has 0 aliphatic heterocycles. The van der Waals surface area contributed by atoms with Gasteiger partial charge >= 0.3 is 6.18 Å². The first-order valence-corrected chi connectivity index (χ1v) is 8.79. The summed E-state index contributed by atoms with van der Waals surface area (Å²) in [7, 11) is 1.37. The largest absolute Gasteiger partial charge is 0.496 e. The van der Waals surface area contributed by atoms with Gasteiger partial charge in [-0.05, 0) is 31.2 Å². The second kappa shape index (κ2) is 7.25. The van der Waals surface area contributed by atoms with E-state index in [4.69, 9.17) is 13.9 Å². The summed E-state index contributed by atoms with van der Waals surface area (Å²) in [4.78, 5) is 12.9. The van der Waals surface area contributed by atoms with E-state index in [-0.39, 0.29) is 22.3 Å². The van der Waals surface area contributed by atoms with Crippen LogP contribution < -0.4 is 14.9 Å². The number of alkyl halides is 3. The average Bonchev–Trinajstić information content (AvgIpc) is 3.19. The van der Waals surface area contributed by atoms with Crippen LogP contribution in [0.25, 0.3) is 16.7 Å². The van der Waals surface area contributed by atoms with E-state index in [2.05, 4.69) is 5.10 Å². The summed E-state index contributed by atoms with van der Waals surface area (Å²) >= 11 is 0. The Morgan fingerprint density at radius 2 is 1.83 bits per heavy atom. The number of methoxy groups -OCH3 is 1. The fourth-order valence-electron chi connectivity index (χ4n) is 3.06. The average molecular weight is 416 g/mol. The third-order valence-corrected chi connectivity index (χ3v) is 4.49. The number of aromatic nitrogens is 2. The molecule has 0 aliphatic rings. The Balaban J connectivity index is 1.85. The van der Waals surface area contributed by atoms with Gasteiger partial charge < -0.3 is 13.9 Å². The van der Waals surface area contributed by atoms with Gasteiger partial charge in [0.15, 0.2) is 5.75 Å². The highest BCUT2D eigenvalue weighted by atomic mass is 19.4. The second-order valence-electron chi connectivity index (χ2n) is 6.41. The molecular formula is C21H15F3N2O4. The molecule has 2 heterocycles. The molecule has 0 fully saturated rings. The SMILES string of the molecule is COc1ccc2c(=O)c(Oc3cnn(-c4ccccc4)c3)c(C(F)(F)F)oc2c1C. The molecule has 30 heavy (non-hydrogen) atoms. The van der Waals surface area contributed by atoms with Crippen molar-refractivity contribution in [2.45, 2.75) is 13.1 Å². The molecule has 0 atom stereocenters. The maximum Gasteiger partial charge on any atom is 0.453 e. The monoisotopic (exact) mass is 416 g/mol. The van der Waals surface area contributed by atoms with Crippen molar-refractivity contribution < 1.29 is 27.1 Å². The van der Waals surface area contributed by atoms with Gasteiger partial charge in [-0.2, -0.15) is 18.3 Å². The molecule has 6 nitrogen and oxygen atoms in total. The van der Waals surface area contributed by atoms with Crippen molar-refractivity contribution in [3.05, 3.63) is 76.4 Å². The first-order valence-electron chi connectivity index (χ1n) is 8.79. The number of para-hydroxylation sites is 1. The number of hydrogen-bond acceptors (Lipinski definition) is 5. The van der Waals surface area contributed by atoms with Gasteiger partial charge in [0, 0.05) is 5.56 Å². The maximum absolute atomic E-state index is 13.7. The van der Waals surface area contributed by atoms with Gasteiger partial charge in [0.2, 0.25) is 11.2 Å². The minimum atomic E-state index is -4.95. The van der Waals surface area contributed by atoms with Crippen molar-refractivity contribution in [2.24, 2.45) is 0 Å². The summed E-state index contributed by atoms with van der Waals surface area (Å²) in [5.74, 6) is -2.21. The van der Waals surface area contributed by atoms with E-state index in [9.17, 15) is 18.0 Å². The van der Waals surface area contributed by atoms with Gasteiger partial charge in [-0.15, -0.1) is 0 Å². The number of ether oxygens (including phenoxy) is 2. The minimum absolute atomic E-state index is 0.0405. The number of halogens is 3. The number of fused-ring (bicyclic) bond motifs is 1. The van der Waals surface area contributed by atoms with Crippen LogP contribution in [0.2, 0.25) is 0 Å². The first-order chi connectivity index (χ1) is 14.3. The Morgan fingerprint density at radius 1 is 1.10 bits per heavy atom. The van der Waals surface area contributed by atoms with Crippen LogP contribution in [-0.2, 0) is 6.18 Å². The second-order valence-corrected chi connectivity index (χ2v) is 6.41. The Bertz CT molecular complexity index is 1280. The number of nitrogens with zero attached hydrogens (tertiary/aromatic N) is 2. The Morgan fingerprint density at radius 3 is 2.50 bits per heavy atom. The van der Waals surface area contributed by atoms with Gasteiger partial charge in [-0.25, -0.2) is 4.68 Å². The summed E-state index contributed by atoms with van der Waals surface area (Å²) in [5, 5.41) is 4.02. The lowest BCUT2D eigenvalue weighted by atomic mass is 10.1. The number of rotatable bonds is 4. The summed E-state index contributed by atoms with van der Waals surface area (Å²) in [6, 6.07) is 11.7. The molecule has 4 rings (SSSR count).